The van der Waals surface area contributed by atoms with Crippen molar-refractivity contribution in [3.05, 3.63) is 0 Å². The van der Waals surface area contributed by atoms with E-state index >= 15 is 0 Å². The molecule has 0 saturated carbocycles. The number of hydrogen-bond acceptors (Lipinski definition) is 4. The van der Waals surface area contributed by atoms with Gasteiger partial charge in [-0.25, -0.2) is 0 Å². The second-order valence-corrected chi connectivity index (χ2v) is 4.62. The van der Waals surface area contributed by atoms with Crippen molar-refractivity contribution in [2.75, 3.05) is 13.2 Å². The highest BCUT2D eigenvalue weighted by atomic mass is 16.5. The van der Waals surface area contributed by atoms with Gasteiger partial charge in [-0.15, -0.1) is 0 Å². The monoisotopic (exact) mass is 272 g/mol. The highest BCUT2D eigenvalue weighted by molar-refractivity contribution is 5.82. The average molecular weight is 272 g/mol. The summed E-state index contributed by atoms with van der Waals surface area (Å²) in [5.74, 6) is -1.29. The van der Waals surface area contributed by atoms with Gasteiger partial charge in [-0.3, -0.25) is 9.59 Å². The van der Waals surface area contributed by atoms with E-state index in [9.17, 15) is 9.59 Å². The van der Waals surface area contributed by atoms with Gasteiger partial charge in [0, 0.05) is 0 Å². The zero-order valence-electron chi connectivity index (χ0n) is 12.7. The molecule has 0 amide bonds. The Morgan fingerprint density at radius 2 is 1.37 bits per heavy atom. The van der Waals surface area contributed by atoms with Crippen molar-refractivity contribution in [3.63, 3.8) is 0 Å². The first-order valence-electron chi connectivity index (χ1n) is 7.45. The Kier molecular flexibility index (Phi) is 10.2. The summed E-state index contributed by atoms with van der Waals surface area (Å²) in [4.78, 5) is 23.9. The number of carbonyl (C=O) groups excluding carboxylic acids is 2. The lowest BCUT2D eigenvalue weighted by atomic mass is 9.86. The molecule has 0 rings (SSSR count). The van der Waals surface area contributed by atoms with Crippen molar-refractivity contribution in [2.45, 2.75) is 59.8 Å². The fraction of sp³-hybridized carbons (Fsp3) is 0.867. The first-order valence-corrected chi connectivity index (χ1v) is 7.45. The minimum absolute atomic E-state index is 0.265. The van der Waals surface area contributed by atoms with Crippen LogP contribution in [0.4, 0.5) is 0 Å². The van der Waals surface area contributed by atoms with Crippen LogP contribution < -0.4 is 0 Å². The summed E-state index contributed by atoms with van der Waals surface area (Å²) in [6.07, 6.45) is 4.40. The van der Waals surface area contributed by atoms with Gasteiger partial charge in [-0.2, -0.15) is 0 Å². The van der Waals surface area contributed by atoms with Crippen molar-refractivity contribution in [1.82, 2.24) is 0 Å². The molecule has 0 radical (unpaired) electrons. The molecule has 19 heavy (non-hydrogen) atoms. The van der Waals surface area contributed by atoms with Gasteiger partial charge in [0.1, 0.15) is 0 Å². The summed E-state index contributed by atoms with van der Waals surface area (Å²) in [5, 5.41) is 0. The standard InChI is InChI=1S/C15H28O4/c1-5-9-10-11-13(15(17)19-8-4)12(6-2)14(16)18-7-3/h12-13H,5-11H2,1-4H3. The third-order valence-corrected chi connectivity index (χ3v) is 3.22. The molecule has 4 heteroatoms. The number of unbranched alkanes of at least 4 members (excludes halogenated alkanes) is 2. The van der Waals surface area contributed by atoms with Crippen LogP contribution in [0.2, 0.25) is 0 Å². The largest absolute Gasteiger partial charge is 0.466 e. The molecule has 0 fully saturated rings. The molecule has 112 valence electrons. The minimum atomic E-state index is -0.379. The number of esters is 2. The highest BCUT2D eigenvalue weighted by Crippen LogP contribution is 2.25. The minimum Gasteiger partial charge on any atom is -0.466 e. The highest BCUT2D eigenvalue weighted by Gasteiger charge is 2.33. The van der Waals surface area contributed by atoms with E-state index in [0.29, 0.717) is 26.1 Å². The SMILES string of the molecule is CCCCCC(C(=O)OCC)C(CC)C(=O)OCC. The molecule has 4 nitrogen and oxygen atoms in total. The van der Waals surface area contributed by atoms with E-state index in [1.165, 1.54) is 0 Å². The summed E-state index contributed by atoms with van der Waals surface area (Å²) >= 11 is 0. The molecule has 0 aromatic rings. The number of rotatable bonds is 10. The molecule has 0 spiro atoms. The summed E-state index contributed by atoms with van der Waals surface area (Å²) in [5.41, 5.74) is 0. The van der Waals surface area contributed by atoms with Crippen LogP contribution in [0.15, 0.2) is 0 Å². The molecule has 0 bridgehead atoms. The number of hydrogen-bond donors (Lipinski definition) is 0. The van der Waals surface area contributed by atoms with Gasteiger partial charge in [0.05, 0.1) is 25.0 Å². The van der Waals surface area contributed by atoms with Crippen LogP contribution >= 0.6 is 0 Å². The van der Waals surface area contributed by atoms with Crippen LogP contribution in [0, 0.1) is 11.8 Å². The van der Waals surface area contributed by atoms with Crippen LogP contribution in [0.5, 0.6) is 0 Å². The van der Waals surface area contributed by atoms with Crippen molar-refractivity contribution in [1.29, 1.82) is 0 Å². The zero-order valence-corrected chi connectivity index (χ0v) is 12.7. The molecule has 0 aliphatic heterocycles. The summed E-state index contributed by atoms with van der Waals surface area (Å²) < 4.78 is 10.2. The van der Waals surface area contributed by atoms with E-state index in [-0.39, 0.29) is 23.8 Å². The predicted molar refractivity (Wildman–Crippen MR) is 74.7 cm³/mol. The number of ether oxygens (including phenoxy) is 2. The van der Waals surface area contributed by atoms with Gasteiger partial charge < -0.3 is 9.47 Å². The van der Waals surface area contributed by atoms with Crippen LogP contribution in [0.3, 0.4) is 0 Å². The molecule has 0 aromatic heterocycles. The molecule has 0 aliphatic carbocycles. The topological polar surface area (TPSA) is 52.6 Å². The lowest BCUT2D eigenvalue weighted by Crippen LogP contribution is -2.32. The van der Waals surface area contributed by atoms with Gasteiger partial charge in [0.25, 0.3) is 0 Å². The van der Waals surface area contributed by atoms with Gasteiger partial charge in [-0.05, 0) is 26.7 Å². The third-order valence-electron chi connectivity index (χ3n) is 3.22. The van der Waals surface area contributed by atoms with E-state index in [1.54, 1.807) is 13.8 Å². The second-order valence-electron chi connectivity index (χ2n) is 4.62. The van der Waals surface area contributed by atoms with Gasteiger partial charge in [0.2, 0.25) is 0 Å². The zero-order chi connectivity index (χ0) is 14.7. The summed E-state index contributed by atoms with van der Waals surface area (Å²) in [6.45, 7) is 8.28. The van der Waals surface area contributed by atoms with E-state index < -0.39 is 0 Å². The van der Waals surface area contributed by atoms with Crippen molar-refractivity contribution in [3.8, 4) is 0 Å². The fourth-order valence-corrected chi connectivity index (χ4v) is 2.21. The van der Waals surface area contributed by atoms with Crippen molar-refractivity contribution in [2.24, 2.45) is 11.8 Å². The van der Waals surface area contributed by atoms with Crippen molar-refractivity contribution >= 4 is 11.9 Å². The first kappa shape index (κ1) is 17.9. The average Bonchev–Trinajstić information content (AvgIpc) is 2.38. The fourth-order valence-electron chi connectivity index (χ4n) is 2.21. The maximum atomic E-state index is 12.0. The van der Waals surface area contributed by atoms with Crippen LogP contribution in [-0.4, -0.2) is 25.2 Å². The molecule has 0 aliphatic rings. The molecule has 0 aromatic carbocycles. The number of carbonyl (C=O) groups is 2. The van der Waals surface area contributed by atoms with Gasteiger partial charge >= 0.3 is 11.9 Å². The van der Waals surface area contributed by atoms with Crippen molar-refractivity contribution < 1.29 is 19.1 Å². The van der Waals surface area contributed by atoms with Crippen LogP contribution in [-0.2, 0) is 19.1 Å². The summed E-state index contributed by atoms with van der Waals surface area (Å²) in [6, 6.07) is 0. The molecule has 2 atom stereocenters. The Labute approximate surface area is 116 Å². The van der Waals surface area contributed by atoms with E-state index in [4.69, 9.17) is 9.47 Å². The Morgan fingerprint density at radius 3 is 1.79 bits per heavy atom. The second kappa shape index (κ2) is 10.8. The quantitative estimate of drug-likeness (QED) is 0.452. The maximum Gasteiger partial charge on any atom is 0.309 e. The van der Waals surface area contributed by atoms with E-state index in [0.717, 1.165) is 19.3 Å². The summed E-state index contributed by atoms with van der Waals surface area (Å²) in [7, 11) is 0. The van der Waals surface area contributed by atoms with E-state index in [2.05, 4.69) is 6.92 Å². The normalized spacial score (nSPS) is 13.7. The molecule has 0 N–H and O–H groups in total. The molecular formula is C15H28O4. The first-order chi connectivity index (χ1) is 9.12. The Bertz CT molecular complexity index is 263. The Morgan fingerprint density at radius 1 is 0.842 bits per heavy atom. The molecule has 0 saturated heterocycles. The van der Waals surface area contributed by atoms with Gasteiger partial charge in [0.15, 0.2) is 0 Å². The molecule has 0 heterocycles. The molecular weight excluding hydrogens is 244 g/mol. The Balaban J connectivity index is 4.74. The lowest BCUT2D eigenvalue weighted by Gasteiger charge is -2.23. The smallest absolute Gasteiger partial charge is 0.309 e. The lowest BCUT2D eigenvalue weighted by molar-refractivity contribution is -0.160. The Hall–Kier alpha value is -1.06. The molecule has 2 unspecified atom stereocenters. The van der Waals surface area contributed by atoms with Gasteiger partial charge in [-0.1, -0.05) is 33.1 Å². The third kappa shape index (κ3) is 6.60. The van der Waals surface area contributed by atoms with Crippen LogP contribution in [0.25, 0.3) is 0 Å². The van der Waals surface area contributed by atoms with Crippen LogP contribution in [0.1, 0.15) is 59.8 Å². The maximum absolute atomic E-state index is 12.0. The predicted octanol–water partition coefficient (Wildman–Crippen LogP) is 3.34. The van der Waals surface area contributed by atoms with E-state index in [1.807, 2.05) is 6.92 Å².